The maximum Gasteiger partial charge on any atom is 0.168 e. The second-order valence-corrected chi connectivity index (χ2v) is 6.46. The fourth-order valence-corrected chi connectivity index (χ4v) is 3.47. The Morgan fingerprint density at radius 1 is 1.10 bits per heavy atom. The highest BCUT2D eigenvalue weighted by Crippen LogP contribution is 2.35. The van der Waals surface area contributed by atoms with Crippen molar-refractivity contribution in [1.29, 1.82) is 0 Å². The number of rotatable bonds is 9. The predicted octanol–water partition coefficient (Wildman–Crippen LogP) is 4.24. The van der Waals surface area contributed by atoms with Gasteiger partial charge in [0, 0.05) is 25.7 Å². The Kier molecular flexibility index (Phi) is 6.50. The summed E-state index contributed by atoms with van der Waals surface area (Å²) in [4.78, 5) is 11.3. The van der Waals surface area contributed by atoms with Crippen LogP contribution in [0.2, 0.25) is 0 Å². The van der Waals surface area contributed by atoms with Gasteiger partial charge in [0.25, 0.3) is 0 Å². The van der Waals surface area contributed by atoms with Gasteiger partial charge in [0.15, 0.2) is 5.79 Å². The Hall–Kier alpha value is -0.410. The van der Waals surface area contributed by atoms with Gasteiger partial charge in [-0.25, -0.2) is 0 Å². The zero-order chi connectivity index (χ0) is 14.3. The first-order valence-electron chi connectivity index (χ1n) is 8.54. The number of carbonyl (C=O) groups is 1. The lowest BCUT2D eigenvalue weighted by Crippen LogP contribution is -2.30. The average molecular weight is 282 g/mol. The van der Waals surface area contributed by atoms with Gasteiger partial charge in [0.1, 0.15) is 5.78 Å². The van der Waals surface area contributed by atoms with Crippen molar-refractivity contribution in [3.63, 3.8) is 0 Å². The molecule has 3 heteroatoms. The smallest absolute Gasteiger partial charge is 0.168 e. The first-order chi connectivity index (χ1) is 9.74. The quantitative estimate of drug-likeness (QED) is 0.593. The molecule has 1 saturated heterocycles. The Bertz CT molecular complexity index is 295. The maximum absolute atomic E-state index is 11.3. The van der Waals surface area contributed by atoms with E-state index in [-0.39, 0.29) is 5.79 Å². The van der Waals surface area contributed by atoms with Crippen LogP contribution in [0.1, 0.15) is 77.6 Å². The highest BCUT2D eigenvalue weighted by Gasteiger charge is 2.36. The van der Waals surface area contributed by atoms with Gasteiger partial charge in [-0.05, 0) is 25.2 Å². The van der Waals surface area contributed by atoms with E-state index in [1.54, 1.807) is 0 Å². The summed E-state index contributed by atoms with van der Waals surface area (Å²) < 4.78 is 11.9. The van der Waals surface area contributed by atoms with Crippen molar-refractivity contribution in [3.8, 4) is 0 Å². The van der Waals surface area contributed by atoms with Gasteiger partial charge in [-0.1, -0.05) is 32.6 Å². The van der Waals surface area contributed by atoms with Crippen molar-refractivity contribution >= 4 is 5.78 Å². The van der Waals surface area contributed by atoms with Crippen LogP contribution in [0.3, 0.4) is 0 Å². The Morgan fingerprint density at radius 3 is 2.50 bits per heavy atom. The van der Waals surface area contributed by atoms with E-state index in [9.17, 15) is 4.79 Å². The molecule has 2 aliphatic rings. The normalized spacial score (nSPS) is 25.4. The lowest BCUT2D eigenvalue weighted by atomic mass is 9.94. The Morgan fingerprint density at radius 2 is 1.85 bits per heavy atom. The van der Waals surface area contributed by atoms with Crippen molar-refractivity contribution in [1.82, 2.24) is 0 Å². The summed E-state index contributed by atoms with van der Waals surface area (Å²) in [5.41, 5.74) is 0. The highest BCUT2D eigenvalue weighted by molar-refractivity contribution is 5.80. The topological polar surface area (TPSA) is 35.5 Å². The van der Waals surface area contributed by atoms with Crippen molar-refractivity contribution in [2.24, 2.45) is 5.92 Å². The van der Waals surface area contributed by atoms with E-state index in [0.29, 0.717) is 11.7 Å². The SMILES string of the molecule is CCCCCCCC1(CCC2CCC(=O)C2)OCCO1. The largest absolute Gasteiger partial charge is 0.348 e. The third-order valence-corrected chi connectivity index (χ3v) is 4.76. The first kappa shape index (κ1) is 16.0. The van der Waals surface area contributed by atoms with Gasteiger partial charge in [0.2, 0.25) is 0 Å². The monoisotopic (exact) mass is 282 g/mol. The molecule has 0 amide bonds. The Balaban J connectivity index is 1.69. The van der Waals surface area contributed by atoms with Crippen LogP contribution in [-0.2, 0) is 14.3 Å². The number of hydrogen-bond acceptors (Lipinski definition) is 3. The molecule has 3 nitrogen and oxygen atoms in total. The third-order valence-electron chi connectivity index (χ3n) is 4.76. The van der Waals surface area contributed by atoms with Crippen molar-refractivity contribution in [2.75, 3.05) is 13.2 Å². The molecule has 1 saturated carbocycles. The van der Waals surface area contributed by atoms with E-state index in [0.717, 1.165) is 51.7 Å². The van der Waals surface area contributed by atoms with Crippen molar-refractivity contribution < 1.29 is 14.3 Å². The van der Waals surface area contributed by atoms with E-state index < -0.39 is 0 Å². The second kappa shape index (κ2) is 8.14. The fourth-order valence-electron chi connectivity index (χ4n) is 3.47. The molecule has 0 N–H and O–H groups in total. The number of ether oxygens (including phenoxy) is 2. The molecule has 0 radical (unpaired) electrons. The molecule has 1 aliphatic carbocycles. The number of ketones is 1. The summed E-state index contributed by atoms with van der Waals surface area (Å²) in [6, 6.07) is 0. The van der Waals surface area contributed by atoms with E-state index in [1.807, 2.05) is 0 Å². The molecule has 0 aromatic rings. The summed E-state index contributed by atoms with van der Waals surface area (Å²) in [6.45, 7) is 3.71. The van der Waals surface area contributed by atoms with E-state index in [2.05, 4.69) is 6.92 Å². The van der Waals surface area contributed by atoms with Crippen LogP contribution in [-0.4, -0.2) is 24.8 Å². The summed E-state index contributed by atoms with van der Waals surface area (Å²) in [5, 5.41) is 0. The van der Waals surface area contributed by atoms with Crippen LogP contribution in [0.5, 0.6) is 0 Å². The van der Waals surface area contributed by atoms with Crippen molar-refractivity contribution in [2.45, 2.75) is 83.3 Å². The zero-order valence-corrected chi connectivity index (χ0v) is 13.0. The maximum atomic E-state index is 11.3. The zero-order valence-electron chi connectivity index (χ0n) is 13.0. The second-order valence-electron chi connectivity index (χ2n) is 6.46. The fraction of sp³-hybridized carbons (Fsp3) is 0.941. The molecule has 0 aromatic heterocycles. The van der Waals surface area contributed by atoms with E-state index in [4.69, 9.17) is 9.47 Å². The van der Waals surface area contributed by atoms with E-state index in [1.165, 1.54) is 32.1 Å². The summed E-state index contributed by atoms with van der Waals surface area (Å²) in [7, 11) is 0. The standard InChI is InChI=1S/C17H30O3/c1-2-3-4-5-6-10-17(19-12-13-20-17)11-9-15-7-8-16(18)14-15/h15H,2-14H2,1H3. The minimum Gasteiger partial charge on any atom is -0.348 e. The van der Waals surface area contributed by atoms with E-state index >= 15 is 0 Å². The van der Waals surface area contributed by atoms with Crippen LogP contribution in [0.25, 0.3) is 0 Å². The average Bonchev–Trinajstić information content (AvgIpc) is 3.06. The molecular formula is C17H30O3. The summed E-state index contributed by atoms with van der Waals surface area (Å²) in [5.74, 6) is 0.696. The summed E-state index contributed by atoms with van der Waals surface area (Å²) >= 11 is 0. The first-order valence-corrected chi connectivity index (χ1v) is 8.54. The Labute approximate surface area is 123 Å². The number of hydrogen-bond donors (Lipinski definition) is 0. The molecule has 1 unspecified atom stereocenters. The highest BCUT2D eigenvalue weighted by atomic mass is 16.7. The molecule has 2 fully saturated rings. The van der Waals surface area contributed by atoms with Gasteiger partial charge in [-0.3, -0.25) is 4.79 Å². The number of Topliss-reactive ketones (excluding diaryl/α,β-unsaturated/α-hetero) is 1. The minimum atomic E-state index is -0.322. The third kappa shape index (κ3) is 4.85. The summed E-state index contributed by atoms with van der Waals surface area (Å²) in [6.07, 6.45) is 12.1. The lowest BCUT2D eigenvalue weighted by Gasteiger charge is -2.28. The lowest BCUT2D eigenvalue weighted by molar-refractivity contribution is -0.170. The molecule has 0 bridgehead atoms. The molecule has 116 valence electrons. The van der Waals surface area contributed by atoms with Gasteiger partial charge >= 0.3 is 0 Å². The molecule has 20 heavy (non-hydrogen) atoms. The molecule has 0 spiro atoms. The molecule has 1 heterocycles. The van der Waals surface area contributed by atoms with Crippen LogP contribution >= 0.6 is 0 Å². The van der Waals surface area contributed by atoms with Crippen LogP contribution < -0.4 is 0 Å². The van der Waals surface area contributed by atoms with Crippen LogP contribution in [0.15, 0.2) is 0 Å². The molecule has 2 rings (SSSR count). The predicted molar refractivity (Wildman–Crippen MR) is 79.6 cm³/mol. The van der Waals surface area contributed by atoms with Crippen LogP contribution in [0, 0.1) is 5.92 Å². The molecular weight excluding hydrogens is 252 g/mol. The van der Waals surface area contributed by atoms with Crippen LogP contribution in [0.4, 0.5) is 0 Å². The van der Waals surface area contributed by atoms with Gasteiger partial charge < -0.3 is 9.47 Å². The van der Waals surface area contributed by atoms with Gasteiger partial charge in [0.05, 0.1) is 13.2 Å². The van der Waals surface area contributed by atoms with Crippen molar-refractivity contribution in [3.05, 3.63) is 0 Å². The number of unbranched alkanes of at least 4 members (excludes halogenated alkanes) is 4. The van der Waals surface area contributed by atoms with Gasteiger partial charge in [-0.2, -0.15) is 0 Å². The molecule has 0 aromatic carbocycles. The van der Waals surface area contributed by atoms with Gasteiger partial charge in [-0.15, -0.1) is 0 Å². The molecule has 1 atom stereocenters. The number of carbonyl (C=O) groups excluding carboxylic acids is 1. The minimum absolute atomic E-state index is 0.322. The molecule has 1 aliphatic heterocycles.